The smallest absolute Gasteiger partial charge is 0.228 e. The normalized spacial score (nSPS) is 17.3. The standard InChI is InChI=1S/C21H31ClN6O/c1-4-27(5-2)14-16-11-13-28(15-16)21(23-3)24-12-10-19-25-20(26-29-19)17-6-8-18(22)9-7-17/h6-9,16H,4-5,10-15H2,1-3H3,(H,23,24). The van der Waals surface area contributed by atoms with E-state index < -0.39 is 0 Å². The van der Waals surface area contributed by atoms with Crippen LogP contribution < -0.4 is 5.32 Å². The van der Waals surface area contributed by atoms with Gasteiger partial charge in [-0.15, -0.1) is 0 Å². The lowest BCUT2D eigenvalue weighted by Gasteiger charge is -2.24. The van der Waals surface area contributed by atoms with Crippen LogP contribution in [-0.4, -0.2) is 72.2 Å². The number of halogens is 1. The highest BCUT2D eigenvalue weighted by Gasteiger charge is 2.25. The lowest BCUT2D eigenvalue weighted by molar-refractivity contribution is 0.255. The zero-order chi connectivity index (χ0) is 20.6. The molecule has 2 aromatic rings. The summed E-state index contributed by atoms with van der Waals surface area (Å²) in [5, 5.41) is 8.19. The van der Waals surface area contributed by atoms with Crippen LogP contribution in [0.15, 0.2) is 33.8 Å². The minimum absolute atomic E-state index is 0.583. The molecule has 2 heterocycles. The van der Waals surface area contributed by atoms with Gasteiger partial charge < -0.3 is 19.6 Å². The van der Waals surface area contributed by atoms with E-state index in [-0.39, 0.29) is 0 Å². The third-order valence-corrected chi connectivity index (χ3v) is 5.65. The summed E-state index contributed by atoms with van der Waals surface area (Å²) in [6, 6.07) is 7.42. The molecule has 1 fully saturated rings. The van der Waals surface area contributed by atoms with Crippen molar-refractivity contribution in [2.75, 3.05) is 46.3 Å². The van der Waals surface area contributed by atoms with Crippen LogP contribution in [0.25, 0.3) is 11.4 Å². The summed E-state index contributed by atoms with van der Waals surface area (Å²) in [6.07, 6.45) is 1.86. The number of likely N-dealkylation sites (tertiary alicyclic amines) is 1. The van der Waals surface area contributed by atoms with E-state index in [1.54, 1.807) is 0 Å². The third kappa shape index (κ3) is 5.93. The van der Waals surface area contributed by atoms with Crippen LogP contribution in [0.1, 0.15) is 26.2 Å². The maximum Gasteiger partial charge on any atom is 0.228 e. The summed E-state index contributed by atoms with van der Waals surface area (Å²) < 4.78 is 5.38. The van der Waals surface area contributed by atoms with Crippen LogP contribution in [-0.2, 0) is 6.42 Å². The van der Waals surface area contributed by atoms with Gasteiger partial charge >= 0.3 is 0 Å². The van der Waals surface area contributed by atoms with Gasteiger partial charge in [-0.05, 0) is 49.7 Å². The summed E-state index contributed by atoms with van der Waals surface area (Å²) in [5.74, 6) is 2.84. The summed E-state index contributed by atoms with van der Waals surface area (Å²) >= 11 is 5.93. The number of rotatable bonds is 8. The monoisotopic (exact) mass is 418 g/mol. The molecule has 0 aliphatic carbocycles. The first-order valence-electron chi connectivity index (χ1n) is 10.4. The molecule has 158 valence electrons. The van der Waals surface area contributed by atoms with Gasteiger partial charge in [0.2, 0.25) is 11.7 Å². The molecule has 1 unspecified atom stereocenters. The summed E-state index contributed by atoms with van der Waals surface area (Å²) in [7, 11) is 1.84. The highest BCUT2D eigenvalue weighted by molar-refractivity contribution is 6.30. The Hall–Kier alpha value is -2.12. The molecule has 1 aliphatic rings. The van der Waals surface area contributed by atoms with Gasteiger partial charge in [0.25, 0.3) is 0 Å². The molecule has 0 spiro atoms. The van der Waals surface area contributed by atoms with Crippen molar-refractivity contribution in [1.29, 1.82) is 0 Å². The number of hydrogen-bond donors (Lipinski definition) is 1. The number of nitrogens with zero attached hydrogens (tertiary/aromatic N) is 5. The van der Waals surface area contributed by atoms with E-state index in [4.69, 9.17) is 16.1 Å². The van der Waals surface area contributed by atoms with Crippen molar-refractivity contribution in [3.63, 3.8) is 0 Å². The Bertz CT molecular complexity index is 787. The van der Waals surface area contributed by atoms with Crippen molar-refractivity contribution in [2.45, 2.75) is 26.7 Å². The van der Waals surface area contributed by atoms with E-state index in [1.807, 2.05) is 31.3 Å². The third-order valence-electron chi connectivity index (χ3n) is 5.40. The number of aromatic nitrogens is 2. The van der Waals surface area contributed by atoms with Crippen molar-refractivity contribution in [3.8, 4) is 11.4 Å². The van der Waals surface area contributed by atoms with Gasteiger partial charge in [-0.1, -0.05) is 30.6 Å². The van der Waals surface area contributed by atoms with Gasteiger partial charge in [-0.2, -0.15) is 4.98 Å². The fraction of sp³-hybridized carbons (Fsp3) is 0.571. The Morgan fingerprint density at radius 1 is 1.31 bits per heavy atom. The van der Waals surface area contributed by atoms with Crippen LogP contribution >= 0.6 is 11.6 Å². The predicted octanol–water partition coefficient (Wildman–Crippen LogP) is 3.17. The lowest BCUT2D eigenvalue weighted by Crippen LogP contribution is -2.41. The summed E-state index contributed by atoms with van der Waals surface area (Å²) in [6.45, 7) is 10.6. The highest BCUT2D eigenvalue weighted by Crippen LogP contribution is 2.19. The molecule has 1 aromatic heterocycles. The number of benzene rings is 1. The van der Waals surface area contributed by atoms with Crippen molar-refractivity contribution in [1.82, 2.24) is 25.3 Å². The minimum atomic E-state index is 0.583. The Labute approximate surface area is 178 Å². The van der Waals surface area contributed by atoms with Gasteiger partial charge in [0, 0.05) is 50.2 Å². The molecule has 8 heteroatoms. The lowest BCUT2D eigenvalue weighted by atomic mass is 10.1. The molecule has 0 radical (unpaired) electrons. The molecule has 1 atom stereocenters. The Morgan fingerprint density at radius 3 is 2.76 bits per heavy atom. The molecule has 7 nitrogen and oxygen atoms in total. The summed E-state index contributed by atoms with van der Waals surface area (Å²) in [4.78, 5) is 13.8. The number of hydrogen-bond acceptors (Lipinski definition) is 5. The van der Waals surface area contributed by atoms with E-state index >= 15 is 0 Å². The van der Waals surface area contributed by atoms with Crippen LogP contribution in [0.2, 0.25) is 5.02 Å². The van der Waals surface area contributed by atoms with Crippen LogP contribution in [0.4, 0.5) is 0 Å². The Morgan fingerprint density at radius 2 is 2.07 bits per heavy atom. The number of guanidine groups is 1. The minimum Gasteiger partial charge on any atom is -0.356 e. The summed E-state index contributed by atoms with van der Waals surface area (Å²) in [5.41, 5.74) is 0.893. The van der Waals surface area contributed by atoms with Gasteiger partial charge in [0.1, 0.15) is 0 Å². The Balaban J connectivity index is 1.46. The van der Waals surface area contributed by atoms with E-state index in [1.165, 1.54) is 6.42 Å². The van der Waals surface area contributed by atoms with E-state index in [0.29, 0.717) is 35.6 Å². The maximum atomic E-state index is 5.93. The topological polar surface area (TPSA) is 69.8 Å². The highest BCUT2D eigenvalue weighted by atomic mass is 35.5. The average Bonchev–Trinajstić information content (AvgIpc) is 3.40. The maximum absolute atomic E-state index is 5.93. The predicted molar refractivity (Wildman–Crippen MR) is 117 cm³/mol. The van der Waals surface area contributed by atoms with Gasteiger partial charge in [-0.25, -0.2) is 0 Å². The fourth-order valence-corrected chi connectivity index (χ4v) is 3.83. The first-order chi connectivity index (χ1) is 14.1. The second-order valence-electron chi connectivity index (χ2n) is 7.33. The zero-order valence-corrected chi connectivity index (χ0v) is 18.3. The van der Waals surface area contributed by atoms with Crippen LogP contribution in [0.3, 0.4) is 0 Å². The molecule has 0 amide bonds. The molecular formula is C21H31ClN6O. The molecule has 0 bridgehead atoms. The van der Waals surface area contributed by atoms with Crippen LogP contribution in [0.5, 0.6) is 0 Å². The fourth-order valence-electron chi connectivity index (χ4n) is 3.71. The number of aliphatic imine (C=N–C) groups is 1. The molecule has 29 heavy (non-hydrogen) atoms. The van der Waals surface area contributed by atoms with Crippen molar-refractivity contribution < 1.29 is 4.52 Å². The average molecular weight is 419 g/mol. The molecule has 1 saturated heterocycles. The second kappa shape index (κ2) is 10.6. The molecule has 3 rings (SSSR count). The van der Waals surface area contributed by atoms with Gasteiger partial charge in [0.15, 0.2) is 5.96 Å². The van der Waals surface area contributed by atoms with E-state index in [0.717, 1.165) is 44.2 Å². The van der Waals surface area contributed by atoms with Crippen molar-refractivity contribution in [2.24, 2.45) is 10.9 Å². The number of nitrogens with one attached hydrogen (secondary N) is 1. The quantitative estimate of drug-likeness (QED) is 0.524. The molecule has 1 aromatic carbocycles. The van der Waals surface area contributed by atoms with Gasteiger partial charge in [-0.3, -0.25) is 4.99 Å². The van der Waals surface area contributed by atoms with Crippen molar-refractivity contribution >= 4 is 17.6 Å². The molecule has 1 aliphatic heterocycles. The molecular weight excluding hydrogens is 388 g/mol. The van der Waals surface area contributed by atoms with E-state index in [9.17, 15) is 0 Å². The first kappa shape index (κ1) is 21.6. The first-order valence-corrected chi connectivity index (χ1v) is 10.8. The second-order valence-corrected chi connectivity index (χ2v) is 7.77. The Kier molecular flexibility index (Phi) is 7.89. The zero-order valence-electron chi connectivity index (χ0n) is 17.6. The molecule has 1 N–H and O–H groups in total. The largest absolute Gasteiger partial charge is 0.356 e. The SMILES string of the molecule is CCN(CC)CC1CCN(C(=NC)NCCc2nc(-c3ccc(Cl)cc3)no2)C1. The van der Waals surface area contributed by atoms with Gasteiger partial charge in [0.05, 0.1) is 0 Å². The van der Waals surface area contributed by atoms with E-state index in [2.05, 4.69) is 44.1 Å². The molecule has 0 saturated carbocycles. The van der Waals surface area contributed by atoms with Crippen LogP contribution in [0, 0.1) is 5.92 Å². The van der Waals surface area contributed by atoms with Crippen molar-refractivity contribution in [3.05, 3.63) is 35.2 Å².